The lowest BCUT2D eigenvalue weighted by Crippen LogP contribution is -2.22. The van der Waals surface area contributed by atoms with Gasteiger partial charge in [0.1, 0.15) is 12.2 Å². The van der Waals surface area contributed by atoms with Gasteiger partial charge in [-0.25, -0.2) is 9.98 Å². The van der Waals surface area contributed by atoms with Crippen LogP contribution in [0.5, 0.6) is 5.88 Å². The predicted octanol–water partition coefficient (Wildman–Crippen LogP) is 4.78. The first-order valence-corrected chi connectivity index (χ1v) is 9.92. The number of pyridine rings is 1. The van der Waals surface area contributed by atoms with Crippen LogP contribution in [0.2, 0.25) is 0 Å². The van der Waals surface area contributed by atoms with E-state index in [1.165, 1.54) is 6.40 Å². The molecule has 1 aliphatic carbocycles. The van der Waals surface area contributed by atoms with Crippen LogP contribution < -0.4 is 4.74 Å². The van der Waals surface area contributed by atoms with E-state index in [-0.39, 0.29) is 12.2 Å². The Balaban J connectivity index is 1.53. The van der Waals surface area contributed by atoms with Crippen molar-refractivity contribution in [2.45, 2.75) is 12.2 Å². The number of rotatable bonds is 0. The second-order valence-electron chi connectivity index (χ2n) is 7.17. The molecule has 2 atom stereocenters. The third kappa shape index (κ3) is 3.96. The molecule has 0 saturated heterocycles. The van der Waals surface area contributed by atoms with Gasteiger partial charge < -0.3 is 14.4 Å². The van der Waals surface area contributed by atoms with E-state index in [9.17, 15) is 0 Å². The molecule has 1 aromatic heterocycles. The lowest BCUT2D eigenvalue weighted by Gasteiger charge is -2.16. The lowest BCUT2D eigenvalue weighted by molar-refractivity contribution is 0.230. The summed E-state index contributed by atoms with van der Waals surface area (Å²) in [6, 6.07) is 8.31. The van der Waals surface area contributed by atoms with Crippen LogP contribution in [0.4, 0.5) is 0 Å². The van der Waals surface area contributed by atoms with Crippen LogP contribution >= 0.6 is 0 Å². The zero-order valence-electron chi connectivity index (χ0n) is 16.3. The van der Waals surface area contributed by atoms with Gasteiger partial charge in [-0.15, -0.1) is 0 Å². The fourth-order valence-corrected chi connectivity index (χ4v) is 3.57. The Kier molecular flexibility index (Phi) is 5.00. The minimum atomic E-state index is -0.160. The molecule has 5 heteroatoms. The summed E-state index contributed by atoms with van der Waals surface area (Å²) in [7, 11) is 0. The normalized spacial score (nSPS) is 22.4. The van der Waals surface area contributed by atoms with Gasteiger partial charge in [0, 0.05) is 30.2 Å². The number of ether oxygens (including phenoxy) is 2. The summed E-state index contributed by atoms with van der Waals surface area (Å²) in [5, 5.41) is 2.11. The summed E-state index contributed by atoms with van der Waals surface area (Å²) in [4.78, 5) is 10.7. The molecule has 4 bridgehead atoms. The number of nitrogens with zero attached hydrogens (tertiary/aromatic N) is 3. The summed E-state index contributed by atoms with van der Waals surface area (Å²) in [6.45, 7) is 0.702. The Morgan fingerprint density at radius 3 is 3.00 bits per heavy atom. The molecule has 3 heterocycles. The highest BCUT2D eigenvalue weighted by atomic mass is 16.5. The summed E-state index contributed by atoms with van der Waals surface area (Å²) in [6.07, 6.45) is 24.9. The highest BCUT2D eigenvalue weighted by molar-refractivity contribution is 5.88. The predicted molar refractivity (Wildman–Crippen MR) is 120 cm³/mol. The second-order valence-corrected chi connectivity index (χ2v) is 7.17. The Labute approximate surface area is 175 Å². The fourth-order valence-electron chi connectivity index (χ4n) is 3.57. The zero-order valence-corrected chi connectivity index (χ0v) is 16.3. The average Bonchev–Trinajstić information content (AvgIpc) is 3.21. The molecule has 0 fully saturated rings. The Morgan fingerprint density at radius 1 is 1.00 bits per heavy atom. The van der Waals surface area contributed by atoms with E-state index in [1.807, 2.05) is 59.8 Å². The number of benzene rings is 1. The van der Waals surface area contributed by atoms with Gasteiger partial charge in [-0.1, -0.05) is 48.6 Å². The minimum Gasteiger partial charge on any atom is -0.471 e. The monoisotopic (exact) mass is 395 g/mol. The third-order valence-corrected chi connectivity index (χ3v) is 5.10. The van der Waals surface area contributed by atoms with Crippen LogP contribution in [-0.2, 0) is 4.74 Å². The van der Waals surface area contributed by atoms with Gasteiger partial charge in [0.25, 0.3) is 0 Å². The van der Waals surface area contributed by atoms with E-state index in [1.54, 1.807) is 12.4 Å². The van der Waals surface area contributed by atoms with E-state index in [2.05, 4.69) is 40.3 Å². The van der Waals surface area contributed by atoms with Crippen molar-refractivity contribution in [3.8, 4) is 5.88 Å². The maximum absolute atomic E-state index is 6.20. The van der Waals surface area contributed by atoms with Crippen LogP contribution in [0.1, 0.15) is 5.56 Å². The highest BCUT2D eigenvalue weighted by Crippen LogP contribution is 2.27. The molecule has 1 aromatic carbocycles. The Bertz CT molecular complexity index is 1150. The first-order chi connectivity index (χ1) is 14.8. The molecule has 2 aliphatic heterocycles. The molecule has 0 radical (unpaired) electrons. The van der Waals surface area contributed by atoms with Crippen molar-refractivity contribution in [3.05, 3.63) is 103 Å². The topological polar surface area (TPSA) is 47.0 Å². The first kappa shape index (κ1) is 18.2. The summed E-state index contributed by atoms with van der Waals surface area (Å²) in [5.41, 5.74) is 2.14. The third-order valence-electron chi connectivity index (χ3n) is 5.10. The molecular formula is C25H21N3O2. The molecule has 5 rings (SSSR count). The maximum Gasteiger partial charge on any atom is 0.221 e. The molecule has 0 N–H and O–H groups in total. The molecule has 2 aromatic rings. The van der Waals surface area contributed by atoms with E-state index >= 15 is 0 Å². The van der Waals surface area contributed by atoms with Gasteiger partial charge in [0.05, 0.1) is 6.54 Å². The zero-order chi connectivity index (χ0) is 20.2. The smallest absolute Gasteiger partial charge is 0.221 e. The van der Waals surface area contributed by atoms with Crippen LogP contribution in [-0.4, -0.2) is 35.0 Å². The van der Waals surface area contributed by atoms with E-state index in [0.29, 0.717) is 12.4 Å². The van der Waals surface area contributed by atoms with Crippen LogP contribution in [0.25, 0.3) is 16.8 Å². The van der Waals surface area contributed by atoms with Gasteiger partial charge >= 0.3 is 0 Å². The molecule has 2 unspecified atom stereocenters. The van der Waals surface area contributed by atoms with Crippen molar-refractivity contribution < 1.29 is 9.47 Å². The largest absolute Gasteiger partial charge is 0.471 e. The van der Waals surface area contributed by atoms with Crippen molar-refractivity contribution in [2.24, 2.45) is 4.99 Å². The number of allylic oxidation sites excluding steroid dienone is 4. The molecule has 0 saturated carbocycles. The summed E-state index contributed by atoms with van der Waals surface area (Å²) in [5.74, 6) is 0.648. The van der Waals surface area contributed by atoms with E-state index < -0.39 is 0 Å². The highest BCUT2D eigenvalue weighted by Gasteiger charge is 2.18. The van der Waals surface area contributed by atoms with Gasteiger partial charge in [0.15, 0.2) is 6.40 Å². The lowest BCUT2D eigenvalue weighted by atomic mass is 10.0. The molecule has 0 spiro atoms. The van der Waals surface area contributed by atoms with Crippen molar-refractivity contribution >= 4 is 23.2 Å². The van der Waals surface area contributed by atoms with Gasteiger partial charge in [-0.2, -0.15) is 0 Å². The standard InChI is InChI=1S/C25H21N3O2/c1-2-7-24-21(5-1)6-3-4-19-8-9-20-10-12-27-25(23(20)16-19)30-22-11-14-28(17-22)15-13-26-18-29-24/h1-16,18,22,24H,17H2. The van der Waals surface area contributed by atoms with Gasteiger partial charge in [0.2, 0.25) is 5.88 Å². The minimum absolute atomic E-state index is 0.0734. The number of aliphatic imine (C=N–C) groups is 1. The van der Waals surface area contributed by atoms with E-state index in [4.69, 9.17) is 9.47 Å². The fraction of sp³-hybridized carbons (Fsp3) is 0.120. The molecule has 5 nitrogen and oxygen atoms in total. The quantitative estimate of drug-likeness (QED) is 0.644. The van der Waals surface area contributed by atoms with Crippen LogP contribution in [0, 0.1) is 0 Å². The van der Waals surface area contributed by atoms with Crippen LogP contribution in [0.15, 0.2) is 102 Å². The van der Waals surface area contributed by atoms with Crippen molar-refractivity contribution in [1.29, 1.82) is 0 Å². The number of hydrogen-bond acceptors (Lipinski definition) is 5. The van der Waals surface area contributed by atoms with E-state index in [0.717, 1.165) is 21.9 Å². The Hall–Kier alpha value is -3.86. The van der Waals surface area contributed by atoms with Crippen molar-refractivity contribution in [1.82, 2.24) is 9.88 Å². The first-order valence-electron chi connectivity index (χ1n) is 9.92. The number of fused-ring (bicyclic) bond motifs is 4. The molecule has 3 aliphatic rings. The van der Waals surface area contributed by atoms with Gasteiger partial charge in [-0.05, 0) is 40.8 Å². The molecule has 30 heavy (non-hydrogen) atoms. The molecular weight excluding hydrogens is 374 g/mol. The maximum atomic E-state index is 6.20. The summed E-state index contributed by atoms with van der Waals surface area (Å²) < 4.78 is 12.0. The SMILES string of the molecule is C1=CC2=CC=Cc3ccc4ccnc(c4c3)OC3C=CN(C=CN=COC2C=C1)C3. The van der Waals surface area contributed by atoms with Crippen LogP contribution in [0.3, 0.4) is 0 Å². The van der Waals surface area contributed by atoms with Crippen molar-refractivity contribution in [2.75, 3.05) is 6.54 Å². The number of hydrogen-bond donors (Lipinski definition) is 0. The molecule has 0 amide bonds. The second kappa shape index (κ2) is 8.25. The van der Waals surface area contributed by atoms with Gasteiger partial charge in [-0.3, -0.25) is 0 Å². The average molecular weight is 395 g/mol. The Morgan fingerprint density at radius 2 is 2.00 bits per heavy atom. The van der Waals surface area contributed by atoms with Crippen molar-refractivity contribution in [3.63, 3.8) is 0 Å². The molecule has 148 valence electrons. The summed E-state index contributed by atoms with van der Waals surface area (Å²) >= 11 is 0. The number of aromatic nitrogens is 1.